The molecule has 0 saturated carbocycles. The minimum absolute atomic E-state index is 0.00167. The molecule has 114 valence electrons. The molecule has 0 aromatic heterocycles. The highest BCUT2D eigenvalue weighted by molar-refractivity contribution is 6.42. The van der Waals surface area contributed by atoms with Crippen LogP contribution in [0.2, 0.25) is 10.0 Å². The molecule has 1 amide bonds. The zero-order valence-electron chi connectivity index (χ0n) is 11.8. The van der Waals surface area contributed by atoms with Gasteiger partial charge in [-0.05, 0) is 37.0 Å². The number of halogens is 2. The Morgan fingerprint density at radius 1 is 1.43 bits per heavy atom. The van der Waals surface area contributed by atoms with Crippen LogP contribution in [0.5, 0.6) is 0 Å². The van der Waals surface area contributed by atoms with Crippen LogP contribution in [0.15, 0.2) is 12.1 Å². The Balaban J connectivity index is 1.73. The van der Waals surface area contributed by atoms with Crippen molar-refractivity contribution in [1.82, 2.24) is 10.6 Å². The summed E-state index contributed by atoms with van der Waals surface area (Å²) in [5, 5.41) is 7.48. The first-order chi connectivity index (χ1) is 10.1. The molecule has 3 atom stereocenters. The predicted molar refractivity (Wildman–Crippen MR) is 82.9 cm³/mol. The predicted octanol–water partition coefficient (Wildman–Crippen LogP) is 2.47. The van der Waals surface area contributed by atoms with Gasteiger partial charge in [0.2, 0.25) is 5.91 Å². The third-order valence-corrected chi connectivity index (χ3v) is 5.05. The van der Waals surface area contributed by atoms with Gasteiger partial charge in [-0.3, -0.25) is 4.79 Å². The minimum atomic E-state index is -0.300. The number of fused-ring (bicyclic) bond motifs is 1. The van der Waals surface area contributed by atoms with Gasteiger partial charge < -0.3 is 15.4 Å². The number of morpholine rings is 1. The summed E-state index contributed by atoms with van der Waals surface area (Å²) in [5.41, 5.74) is 2.12. The lowest BCUT2D eigenvalue weighted by atomic mass is 10.1. The standard InChI is InChI=1S/C15H18Cl2N2O2/c1-8-14(18-6-7-21-8)15(20)19-12-5-3-10-9(12)2-4-11(16)13(10)17/h2,4,8,12,14,18H,3,5-7H2,1H3,(H,19,20)/t8-,12?,14+/m1/s1. The first-order valence-corrected chi connectivity index (χ1v) is 7.95. The number of benzene rings is 1. The number of rotatable bonds is 2. The third-order valence-electron chi connectivity index (χ3n) is 4.21. The van der Waals surface area contributed by atoms with Gasteiger partial charge in [-0.1, -0.05) is 29.3 Å². The first-order valence-electron chi connectivity index (χ1n) is 7.20. The molecule has 4 nitrogen and oxygen atoms in total. The van der Waals surface area contributed by atoms with Crippen molar-refractivity contribution >= 4 is 29.1 Å². The number of ether oxygens (including phenoxy) is 1. The second-order valence-electron chi connectivity index (χ2n) is 5.54. The monoisotopic (exact) mass is 328 g/mol. The van der Waals surface area contributed by atoms with Crippen molar-refractivity contribution in [3.8, 4) is 0 Å². The van der Waals surface area contributed by atoms with E-state index in [2.05, 4.69) is 10.6 Å². The van der Waals surface area contributed by atoms with Gasteiger partial charge in [0.25, 0.3) is 0 Å². The molecule has 1 aliphatic heterocycles. The molecule has 3 rings (SSSR count). The fourth-order valence-electron chi connectivity index (χ4n) is 3.07. The van der Waals surface area contributed by atoms with Crippen molar-refractivity contribution in [3.63, 3.8) is 0 Å². The van der Waals surface area contributed by atoms with Crippen LogP contribution < -0.4 is 10.6 Å². The van der Waals surface area contributed by atoms with Crippen LogP contribution in [-0.4, -0.2) is 31.2 Å². The number of hydrogen-bond acceptors (Lipinski definition) is 3. The summed E-state index contributed by atoms with van der Waals surface area (Å²) >= 11 is 12.3. The van der Waals surface area contributed by atoms with Gasteiger partial charge in [0.1, 0.15) is 6.04 Å². The van der Waals surface area contributed by atoms with E-state index in [9.17, 15) is 4.79 Å². The highest BCUT2D eigenvalue weighted by Crippen LogP contribution is 2.39. The Kier molecular flexibility index (Phi) is 4.41. The normalized spacial score (nSPS) is 28.2. The van der Waals surface area contributed by atoms with Crippen molar-refractivity contribution in [2.45, 2.75) is 38.0 Å². The van der Waals surface area contributed by atoms with E-state index in [1.54, 1.807) is 6.07 Å². The maximum Gasteiger partial charge on any atom is 0.240 e. The number of carbonyl (C=O) groups is 1. The number of hydrogen-bond donors (Lipinski definition) is 2. The van der Waals surface area contributed by atoms with Crippen LogP contribution >= 0.6 is 23.2 Å². The highest BCUT2D eigenvalue weighted by Gasteiger charge is 2.32. The average Bonchev–Trinajstić information content (AvgIpc) is 2.87. The number of nitrogens with one attached hydrogen (secondary N) is 2. The van der Waals surface area contributed by atoms with Crippen molar-refractivity contribution < 1.29 is 9.53 Å². The summed E-state index contributed by atoms with van der Waals surface area (Å²) in [6, 6.07) is 3.44. The maximum absolute atomic E-state index is 12.4. The molecular formula is C15H18Cl2N2O2. The van der Waals surface area contributed by atoms with Gasteiger partial charge in [-0.25, -0.2) is 0 Å². The molecule has 1 unspecified atom stereocenters. The number of carbonyl (C=O) groups excluding carboxylic acids is 1. The smallest absolute Gasteiger partial charge is 0.240 e. The topological polar surface area (TPSA) is 50.4 Å². The Morgan fingerprint density at radius 2 is 2.24 bits per heavy atom. The molecule has 1 aromatic rings. The molecule has 0 radical (unpaired) electrons. The van der Waals surface area contributed by atoms with E-state index in [1.807, 2.05) is 13.0 Å². The van der Waals surface area contributed by atoms with E-state index >= 15 is 0 Å². The fraction of sp³-hybridized carbons (Fsp3) is 0.533. The largest absolute Gasteiger partial charge is 0.375 e. The van der Waals surface area contributed by atoms with Crippen molar-refractivity contribution in [1.29, 1.82) is 0 Å². The molecule has 2 aliphatic rings. The summed E-state index contributed by atoms with van der Waals surface area (Å²) in [5.74, 6) is -0.0221. The second-order valence-corrected chi connectivity index (χ2v) is 6.32. The Labute approximate surface area is 134 Å². The lowest BCUT2D eigenvalue weighted by molar-refractivity contribution is -0.129. The zero-order chi connectivity index (χ0) is 15.0. The van der Waals surface area contributed by atoms with Gasteiger partial charge in [-0.15, -0.1) is 0 Å². The number of amides is 1. The summed E-state index contributed by atoms with van der Waals surface area (Å²) in [6.45, 7) is 3.26. The highest BCUT2D eigenvalue weighted by atomic mass is 35.5. The second kappa shape index (κ2) is 6.13. The van der Waals surface area contributed by atoms with E-state index in [0.717, 1.165) is 24.0 Å². The molecule has 1 fully saturated rings. The minimum Gasteiger partial charge on any atom is -0.375 e. The van der Waals surface area contributed by atoms with E-state index in [0.29, 0.717) is 23.2 Å². The third kappa shape index (κ3) is 2.90. The molecule has 2 N–H and O–H groups in total. The molecule has 1 aromatic carbocycles. The first kappa shape index (κ1) is 15.1. The fourth-order valence-corrected chi connectivity index (χ4v) is 3.51. The van der Waals surface area contributed by atoms with Crippen LogP contribution in [0.1, 0.15) is 30.5 Å². The molecule has 0 bridgehead atoms. The molecule has 1 aliphatic carbocycles. The van der Waals surface area contributed by atoms with Crippen LogP contribution in [0, 0.1) is 0 Å². The van der Waals surface area contributed by atoms with E-state index in [4.69, 9.17) is 27.9 Å². The van der Waals surface area contributed by atoms with Crippen LogP contribution in [0.4, 0.5) is 0 Å². The quantitative estimate of drug-likeness (QED) is 0.876. The molecule has 1 heterocycles. The lowest BCUT2D eigenvalue weighted by Gasteiger charge is -2.30. The summed E-state index contributed by atoms with van der Waals surface area (Å²) in [7, 11) is 0. The van der Waals surface area contributed by atoms with Crippen LogP contribution in [-0.2, 0) is 16.0 Å². The van der Waals surface area contributed by atoms with E-state index < -0.39 is 0 Å². The summed E-state index contributed by atoms with van der Waals surface area (Å²) in [6.07, 6.45) is 1.57. The SMILES string of the molecule is C[C@H]1OCCN[C@@H]1C(=O)NC1CCc2c1ccc(Cl)c2Cl. The van der Waals surface area contributed by atoms with Crippen molar-refractivity contribution in [2.24, 2.45) is 0 Å². The van der Waals surface area contributed by atoms with Gasteiger partial charge in [-0.2, -0.15) is 0 Å². The molecule has 0 spiro atoms. The van der Waals surface area contributed by atoms with Crippen LogP contribution in [0.3, 0.4) is 0 Å². The Bertz CT molecular complexity index is 565. The maximum atomic E-state index is 12.4. The molecule has 21 heavy (non-hydrogen) atoms. The van der Waals surface area contributed by atoms with Crippen LogP contribution in [0.25, 0.3) is 0 Å². The average molecular weight is 329 g/mol. The van der Waals surface area contributed by atoms with E-state index in [-0.39, 0.29) is 24.1 Å². The van der Waals surface area contributed by atoms with E-state index in [1.165, 1.54) is 0 Å². The van der Waals surface area contributed by atoms with Gasteiger partial charge >= 0.3 is 0 Å². The van der Waals surface area contributed by atoms with Crippen molar-refractivity contribution in [3.05, 3.63) is 33.3 Å². The van der Waals surface area contributed by atoms with Gasteiger partial charge in [0.05, 0.1) is 28.8 Å². The molecular weight excluding hydrogens is 311 g/mol. The summed E-state index contributed by atoms with van der Waals surface area (Å²) < 4.78 is 5.52. The molecule has 6 heteroatoms. The van der Waals surface area contributed by atoms with Crippen molar-refractivity contribution in [2.75, 3.05) is 13.2 Å². The zero-order valence-corrected chi connectivity index (χ0v) is 13.3. The Morgan fingerprint density at radius 3 is 3.00 bits per heavy atom. The molecule has 1 saturated heterocycles. The lowest BCUT2D eigenvalue weighted by Crippen LogP contribution is -2.55. The Hall–Kier alpha value is -0.810. The summed E-state index contributed by atoms with van der Waals surface area (Å²) in [4.78, 5) is 12.4. The van der Waals surface area contributed by atoms with Gasteiger partial charge in [0.15, 0.2) is 0 Å². The van der Waals surface area contributed by atoms with Gasteiger partial charge in [0, 0.05) is 6.54 Å².